The molecule has 5 nitrogen and oxygen atoms in total. The van der Waals surface area contributed by atoms with E-state index in [4.69, 9.17) is 0 Å². The summed E-state index contributed by atoms with van der Waals surface area (Å²) in [7, 11) is 0. The van der Waals surface area contributed by atoms with Crippen LogP contribution in [0.15, 0.2) is 33.4 Å². The predicted octanol–water partition coefficient (Wildman–Crippen LogP) is 5.07. The van der Waals surface area contributed by atoms with Crippen LogP contribution in [0.5, 0.6) is 0 Å². The highest BCUT2D eigenvalue weighted by molar-refractivity contribution is 7.99. The summed E-state index contributed by atoms with van der Waals surface area (Å²) in [5.41, 5.74) is -1.76. The maximum atomic E-state index is 13.0. The maximum Gasteiger partial charge on any atom is 0.416 e. The van der Waals surface area contributed by atoms with Crippen molar-refractivity contribution in [2.75, 3.05) is 0 Å². The van der Waals surface area contributed by atoms with Crippen molar-refractivity contribution in [1.29, 1.82) is 0 Å². The van der Waals surface area contributed by atoms with Crippen molar-refractivity contribution < 1.29 is 31.1 Å². The Balaban J connectivity index is 1.77. The van der Waals surface area contributed by atoms with E-state index in [2.05, 4.69) is 19.9 Å². The van der Waals surface area contributed by atoms with Crippen molar-refractivity contribution >= 4 is 40.5 Å². The van der Waals surface area contributed by atoms with Gasteiger partial charge in [-0.3, -0.25) is 9.52 Å². The molecule has 1 aromatic carbocycles. The number of halogens is 6. The Bertz CT molecular complexity index is 968. The van der Waals surface area contributed by atoms with E-state index in [-0.39, 0.29) is 28.1 Å². The van der Waals surface area contributed by atoms with Gasteiger partial charge in [0.2, 0.25) is 5.91 Å². The van der Waals surface area contributed by atoms with E-state index in [9.17, 15) is 31.1 Å². The third kappa shape index (κ3) is 5.67. The first-order valence-corrected chi connectivity index (χ1v) is 10.1. The molecule has 29 heavy (non-hydrogen) atoms. The lowest BCUT2D eigenvalue weighted by molar-refractivity contribution is -0.143. The molecule has 2 heterocycles. The molecule has 0 aliphatic rings. The number of thiazole rings is 1. The minimum Gasteiger partial charge on any atom is -0.294 e. The molecule has 0 saturated heterocycles. The van der Waals surface area contributed by atoms with Gasteiger partial charge in [0, 0.05) is 22.9 Å². The minimum atomic E-state index is -4.94. The lowest BCUT2D eigenvalue weighted by Gasteiger charge is -2.13. The highest BCUT2D eigenvalue weighted by Gasteiger charge is 2.37. The zero-order chi connectivity index (χ0) is 21.2. The van der Waals surface area contributed by atoms with Crippen molar-refractivity contribution in [3.05, 3.63) is 45.2 Å². The first-order chi connectivity index (χ1) is 13.5. The molecule has 0 atom stereocenters. The van der Waals surface area contributed by atoms with Crippen LogP contribution in [0.2, 0.25) is 0 Å². The van der Waals surface area contributed by atoms with Gasteiger partial charge in [-0.05, 0) is 18.2 Å². The fourth-order valence-electron chi connectivity index (χ4n) is 2.09. The van der Waals surface area contributed by atoms with Gasteiger partial charge in [-0.2, -0.15) is 26.3 Å². The van der Waals surface area contributed by atoms with Crippen LogP contribution in [0.1, 0.15) is 16.1 Å². The number of aromatic nitrogens is 3. The topological polar surface area (TPSA) is 67.8 Å². The molecule has 0 fully saturated rings. The van der Waals surface area contributed by atoms with E-state index in [0.29, 0.717) is 17.1 Å². The minimum absolute atomic E-state index is 0.0154. The number of alkyl halides is 6. The van der Waals surface area contributed by atoms with Gasteiger partial charge in [0.25, 0.3) is 0 Å². The molecule has 0 aliphatic carbocycles. The van der Waals surface area contributed by atoms with Gasteiger partial charge in [0.05, 0.1) is 23.2 Å². The summed E-state index contributed by atoms with van der Waals surface area (Å²) in [6.07, 6.45) is -9.90. The van der Waals surface area contributed by atoms with Crippen LogP contribution in [0.3, 0.4) is 0 Å². The summed E-state index contributed by atoms with van der Waals surface area (Å²) in [4.78, 5) is 15.8. The lowest BCUT2D eigenvalue weighted by atomic mass is 10.0. The summed E-state index contributed by atoms with van der Waals surface area (Å²) in [6.45, 7) is 0. The second kappa shape index (κ2) is 8.28. The number of nitrogens with zero attached hydrogens (tertiary/aromatic N) is 3. The van der Waals surface area contributed by atoms with Crippen molar-refractivity contribution in [3.63, 3.8) is 0 Å². The van der Waals surface area contributed by atoms with Crippen LogP contribution >= 0.6 is 34.6 Å². The lowest BCUT2D eigenvalue weighted by Crippen LogP contribution is -2.17. The Morgan fingerprint density at radius 3 is 2.24 bits per heavy atom. The van der Waals surface area contributed by atoms with Crippen LogP contribution in [0.4, 0.5) is 26.3 Å². The van der Waals surface area contributed by atoms with Crippen LogP contribution in [-0.2, 0) is 23.6 Å². The predicted molar refractivity (Wildman–Crippen MR) is 95.2 cm³/mol. The molecule has 0 spiro atoms. The van der Waals surface area contributed by atoms with E-state index >= 15 is 0 Å². The summed E-state index contributed by atoms with van der Waals surface area (Å²) < 4.78 is 80.6. The number of nitrogens with one attached hydrogen (secondary N) is 1. The third-order valence-electron chi connectivity index (χ3n) is 3.34. The molecule has 0 radical (unpaired) electrons. The molecule has 3 rings (SSSR count). The smallest absolute Gasteiger partial charge is 0.294 e. The Morgan fingerprint density at radius 2 is 1.69 bits per heavy atom. The number of hydrogen-bond acceptors (Lipinski definition) is 7. The van der Waals surface area contributed by atoms with E-state index < -0.39 is 29.4 Å². The van der Waals surface area contributed by atoms with Crippen molar-refractivity contribution in [3.8, 4) is 11.3 Å². The molecule has 2 aromatic heterocycles. The van der Waals surface area contributed by atoms with Gasteiger partial charge in [-0.15, -0.1) is 32.9 Å². The number of rotatable bonds is 5. The molecular formula is C15H8F6N4OS3. The van der Waals surface area contributed by atoms with Crippen LogP contribution in [-0.4, -0.2) is 21.1 Å². The first-order valence-electron chi connectivity index (χ1n) is 7.48. The molecular weight excluding hydrogens is 462 g/mol. The third-order valence-corrected chi connectivity index (χ3v) is 5.80. The standard InChI is InChI=1S/C15H8F6N4OS3/c16-14(17,18)8-1-7(2-9(3-8)15(19,20)21)10-5-27-13(23-10)29-25-11(26)4-12-24-22-6-28-12/h1-3,5-6H,4H2,(H,25,26). The molecule has 1 amide bonds. The van der Waals surface area contributed by atoms with Gasteiger partial charge < -0.3 is 0 Å². The van der Waals surface area contributed by atoms with E-state index in [1.165, 1.54) is 22.2 Å². The van der Waals surface area contributed by atoms with Crippen LogP contribution < -0.4 is 4.72 Å². The van der Waals surface area contributed by atoms with Crippen molar-refractivity contribution in [2.45, 2.75) is 23.1 Å². The normalized spacial score (nSPS) is 12.2. The number of amides is 1. The van der Waals surface area contributed by atoms with Gasteiger partial charge in [0.15, 0.2) is 4.34 Å². The summed E-state index contributed by atoms with van der Waals surface area (Å²) >= 11 is 2.97. The molecule has 0 saturated carbocycles. The van der Waals surface area contributed by atoms with Crippen molar-refractivity contribution in [2.24, 2.45) is 0 Å². The summed E-state index contributed by atoms with van der Waals surface area (Å²) in [5, 5.41) is 9.11. The maximum absolute atomic E-state index is 13.0. The van der Waals surface area contributed by atoms with E-state index in [1.54, 1.807) is 0 Å². The molecule has 0 aliphatic heterocycles. The Morgan fingerprint density at radius 1 is 1.03 bits per heavy atom. The Hall–Kier alpha value is -2.19. The number of benzene rings is 1. The van der Waals surface area contributed by atoms with E-state index in [0.717, 1.165) is 23.3 Å². The Kier molecular flexibility index (Phi) is 6.14. The average Bonchev–Trinajstić information content (AvgIpc) is 3.30. The summed E-state index contributed by atoms with van der Waals surface area (Å²) in [6, 6.07) is 1.26. The average molecular weight is 470 g/mol. The SMILES string of the molecule is O=C(Cc1nncs1)NSc1nc(-c2cc(C(F)(F)F)cc(C(F)(F)F)c2)cs1. The van der Waals surface area contributed by atoms with E-state index in [1.807, 2.05) is 0 Å². The van der Waals surface area contributed by atoms with Crippen LogP contribution in [0, 0.1) is 0 Å². The second-order valence-electron chi connectivity index (χ2n) is 5.43. The number of carbonyl (C=O) groups excluding carboxylic acids is 1. The van der Waals surface area contributed by atoms with Crippen molar-refractivity contribution in [1.82, 2.24) is 19.9 Å². The van der Waals surface area contributed by atoms with Gasteiger partial charge in [0.1, 0.15) is 10.5 Å². The molecule has 0 unspecified atom stereocenters. The fraction of sp³-hybridized carbons (Fsp3) is 0.200. The van der Waals surface area contributed by atoms with Gasteiger partial charge in [-0.25, -0.2) is 4.98 Å². The molecule has 14 heteroatoms. The molecule has 0 bridgehead atoms. The largest absolute Gasteiger partial charge is 0.416 e. The van der Waals surface area contributed by atoms with Gasteiger partial charge >= 0.3 is 12.4 Å². The quantitative estimate of drug-likeness (QED) is 0.417. The second-order valence-corrected chi connectivity index (χ2v) is 8.26. The van der Waals surface area contributed by atoms with Gasteiger partial charge in [-0.1, -0.05) is 0 Å². The molecule has 1 N–H and O–H groups in total. The highest BCUT2D eigenvalue weighted by Crippen LogP contribution is 2.39. The summed E-state index contributed by atoms with van der Waals surface area (Å²) in [5.74, 6) is -0.401. The zero-order valence-electron chi connectivity index (χ0n) is 13.8. The first kappa shape index (κ1) is 21.5. The monoisotopic (exact) mass is 470 g/mol. The zero-order valence-corrected chi connectivity index (χ0v) is 16.3. The number of hydrogen-bond donors (Lipinski definition) is 1. The Labute approximate surface area is 171 Å². The highest BCUT2D eigenvalue weighted by atomic mass is 32.2. The van der Waals surface area contributed by atoms with Crippen LogP contribution in [0.25, 0.3) is 11.3 Å². The fourth-order valence-corrected chi connectivity index (χ4v) is 4.04. The molecule has 3 aromatic rings. The molecule has 154 valence electrons. The number of carbonyl (C=O) groups is 1.